The zero-order valence-corrected chi connectivity index (χ0v) is 15.2. The Morgan fingerprint density at radius 3 is 2.62 bits per heavy atom. The number of ether oxygens (including phenoxy) is 1. The zero-order chi connectivity index (χ0) is 18.4. The van der Waals surface area contributed by atoms with E-state index in [0.29, 0.717) is 16.1 Å². The normalized spacial score (nSPS) is 13.8. The van der Waals surface area contributed by atoms with Gasteiger partial charge in [-0.2, -0.15) is 0 Å². The first-order valence-corrected chi connectivity index (χ1v) is 8.75. The molecule has 0 radical (unpaired) electrons. The van der Waals surface area contributed by atoms with Gasteiger partial charge in [-0.15, -0.1) is 0 Å². The first-order valence-electron chi connectivity index (χ1n) is 8.34. The Hall–Kier alpha value is -2.80. The van der Waals surface area contributed by atoms with Crippen LogP contribution in [0.4, 0.5) is 0 Å². The molecule has 7 heteroatoms. The fourth-order valence-electron chi connectivity index (χ4n) is 3.06. The quantitative estimate of drug-likeness (QED) is 0.566. The van der Waals surface area contributed by atoms with Crippen LogP contribution in [0, 0.1) is 11.7 Å². The first-order chi connectivity index (χ1) is 12.5. The average molecular weight is 367 g/mol. The summed E-state index contributed by atoms with van der Waals surface area (Å²) in [5, 5.41) is 0.216. The summed E-state index contributed by atoms with van der Waals surface area (Å²) >= 11 is 5.35. The highest BCUT2D eigenvalue weighted by Gasteiger charge is 2.28. The van der Waals surface area contributed by atoms with E-state index in [4.69, 9.17) is 21.9 Å². The summed E-state index contributed by atoms with van der Waals surface area (Å²) in [6.45, 7) is 2.00. The molecule has 1 fully saturated rings. The number of fused-ring (bicyclic) bond motifs is 1. The molecule has 2 heterocycles. The number of nitrogens with one attached hydrogen (secondary N) is 1. The van der Waals surface area contributed by atoms with Crippen molar-refractivity contribution < 1.29 is 9.53 Å². The van der Waals surface area contributed by atoms with Crippen LogP contribution < -0.4 is 5.56 Å². The molecule has 1 N–H and O–H groups in total. The Labute approximate surface area is 154 Å². The van der Waals surface area contributed by atoms with Crippen LogP contribution in [0.15, 0.2) is 35.1 Å². The monoisotopic (exact) mass is 367 g/mol. The minimum atomic E-state index is -0.573. The summed E-state index contributed by atoms with van der Waals surface area (Å²) in [7, 11) is 1.30. The number of aromatic amines is 1. The third-order valence-corrected chi connectivity index (χ3v) is 4.86. The number of methoxy groups -OCH3 is 1. The standard InChI is InChI=1S/C19H17N3O3S/c1-10-3-5-11(6-4-10)14-9-13(18(24)25-2)15-16(20-14)22(12-7-8-12)19(26)21-17(15)23/h3-6,9,12H,7-8H2,1-2H3,(H,21,23,26). The minimum absolute atomic E-state index is 0.193. The summed E-state index contributed by atoms with van der Waals surface area (Å²) in [6, 6.07) is 9.64. The molecule has 1 aromatic carbocycles. The van der Waals surface area contributed by atoms with E-state index >= 15 is 0 Å². The van der Waals surface area contributed by atoms with E-state index in [2.05, 4.69) is 4.98 Å². The molecule has 0 atom stereocenters. The van der Waals surface area contributed by atoms with Crippen molar-refractivity contribution in [1.29, 1.82) is 0 Å². The number of carbonyl (C=O) groups excluding carboxylic acids is 1. The summed E-state index contributed by atoms with van der Waals surface area (Å²) in [5.74, 6) is -0.573. The van der Waals surface area contributed by atoms with Gasteiger partial charge in [0, 0.05) is 11.6 Å². The number of nitrogens with zero attached hydrogens (tertiary/aromatic N) is 2. The van der Waals surface area contributed by atoms with Crippen LogP contribution >= 0.6 is 12.2 Å². The third kappa shape index (κ3) is 2.74. The molecule has 1 aliphatic rings. The molecular weight excluding hydrogens is 350 g/mol. The summed E-state index contributed by atoms with van der Waals surface area (Å²) < 4.78 is 7.07. The molecule has 0 unspecified atom stereocenters. The van der Waals surface area contributed by atoms with Crippen LogP contribution in [-0.4, -0.2) is 27.6 Å². The number of benzene rings is 1. The molecule has 0 spiro atoms. The summed E-state index contributed by atoms with van der Waals surface area (Å²) in [6.07, 6.45) is 1.94. The average Bonchev–Trinajstić information content (AvgIpc) is 3.45. The van der Waals surface area contributed by atoms with Gasteiger partial charge in [0.1, 0.15) is 5.65 Å². The van der Waals surface area contributed by atoms with Gasteiger partial charge in [0.25, 0.3) is 5.56 Å². The van der Waals surface area contributed by atoms with E-state index in [1.54, 1.807) is 6.07 Å². The van der Waals surface area contributed by atoms with E-state index in [1.807, 2.05) is 35.8 Å². The van der Waals surface area contributed by atoms with Crippen molar-refractivity contribution in [1.82, 2.24) is 14.5 Å². The van der Waals surface area contributed by atoms with Crippen LogP contribution in [0.2, 0.25) is 0 Å². The van der Waals surface area contributed by atoms with Crippen molar-refractivity contribution in [3.8, 4) is 11.3 Å². The Kier molecular flexibility index (Phi) is 3.96. The first kappa shape index (κ1) is 16.7. The Bertz CT molecular complexity index is 1140. The number of H-pyrrole nitrogens is 1. The SMILES string of the molecule is COC(=O)c1cc(-c2ccc(C)cc2)nc2c1c(=O)[nH]c(=S)n2C1CC1. The molecule has 6 nitrogen and oxygen atoms in total. The van der Waals surface area contributed by atoms with Crippen molar-refractivity contribution in [3.63, 3.8) is 0 Å². The Balaban J connectivity index is 2.11. The van der Waals surface area contributed by atoms with Gasteiger partial charge >= 0.3 is 5.97 Å². The minimum Gasteiger partial charge on any atom is -0.465 e. The lowest BCUT2D eigenvalue weighted by atomic mass is 10.1. The number of rotatable bonds is 3. The van der Waals surface area contributed by atoms with E-state index in [0.717, 1.165) is 24.0 Å². The lowest BCUT2D eigenvalue weighted by Gasteiger charge is -2.13. The van der Waals surface area contributed by atoms with Crippen molar-refractivity contribution in [2.24, 2.45) is 0 Å². The predicted molar refractivity (Wildman–Crippen MR) is 101 cm³/mol. The van der Waals surface area contributed by atoms with Crippen LogP contribution in [0.3, 0.4) is 0 Å². The number of aromatic nitrogens is 3. The van der Waals surface area contributed by atoms with Crippen molar-refractivity contribution in [3.05, 3.63) is 56.6 Å². The highest BCUT2D eigenvalue weighted by Crippen LogP contribution is 2.37. The van der Waals surface area contributed by atoms with Crippen LogP contribution in [0.25, 0.3) is 22.3 Å². The van der Waals surface area contributed by atoms with Crippen LogP contribution in [0.5, 0.6) is 0 Å². The maximum absolute atomic E-state index is 12.5. The van der Waals surface area contributed by atoms with Gasteiger partial charge in [-0.05, 0) is 38.0 Å². The molecule has 0 amide bonds. The number of aryl methyl sites for hydroxylation is 1. The molecule has 4 rings (SSSR count). The topological polar surface area (TPSA) is 77.0 Å². The maximum Gasteiger partial charge on any atom is 0.338 e. The van der Waals surface area contributed by atoms with E-state index in [9.17, 15) is 9.59 Å². The highest BCUT2D eigenvalue weighted by atomic mass is 32.1. The second-order valence-corrected chi connectivity index (χ2v) is 6.86. The highest BCUT2D eigenvalue weighted by molar-refractivity contribution is 7.71. The van der Waals surface area contributed by atoms with Gasteiger partial charge in [-0.3, -0.25) is 14.3 Å². The van der Waals surface area contributed by atoms with Gasteiger partial charge in [0.2, 0.25) is 0 Å². The molecular formula is C19H17N3O3S. The second-order valence-electron chi connectivity index (χ2n) is 6.47. The molecule has 1 aliphatic carbocycles. The fourth-order valence-corrected chi connectivity index (χ4v) is 3.39. The molecule has 26 heavy (non-hydrogen) atoms. The molecule has 0 saturated heterocycles. The molecule has 0 aliphatic heterocycles. The van der Waals surface area contributed by atoms with Gasteiger partial charge < -0.3 is 4.74 Å². The Morgan fingerprint density at radius 1 is 1.31 bits per heavy atom. The molecule has 2 aromatic heterocycles. The lowest BCUT2D eigenvalue weighted by molar-refractivity contribution is 0.0603. The van der Waals surface area contributed by atoms with Gasteiger partial charge in [-0.25, -0.2) is 9.78 Å². The van der Waals surface area contributed by atoms with Gasteiger partial charge in [0.05, 0.1) is 23.8 Å². The van der Waals surface area contributed by atoms with Crippen LogP contribution in [0.1, 0.15) is 34.8 Å². The van der Waals surface area contributed by atoms with Gasteiger partial charge in [-0.1, -0.05) is 29.8 Å². The number of pyridine rings is 1. The van der Waals surface area contributed by atoms with E-state index in [-0.39, 0.29) is 17.0 Å². The second kappa shape index (κ2) is 6.17. The third-order valence-electron chi connectivity index (χ3n) is 4.56. The van der Waals surface area contributed by atoms with Crippen molar-refractivity contribution in [2.45, 2.75) is 25.8 Å². The van der Waals surface area contributed by atoms with Crippen molar-refractivity contribution >= 4 is 29.2 Å². The van der Waals surface area contributed by atoms with Gasteiger partial charge in [0.15, 0.2) is 4.77 Å². The largest absolute Gasteiger partial charge is 0.465 e. The number of hydrogen-bond acceptors (Lipinski definition) is 5. The summed E-state index contributed by atoms with van der Waals surface area (Å²) in [4.78, 5) is 32.3. The van der Waals surface area contributed by atoms with Crippen molar-refractivity contribution in [2.75, 3.05) is 7.11 Å². The van der Waals surface area contributed by atoms with Crippen LogP contribution in [-0.2, 0) is 4.74 Å². The smallest absolute Gasteiger partial charge is 0.338 e. The Morgan fingerprint density at radius 2 is 2.00 bits per heavy atom. The molecule has 0 bridgehead atoms. The lowest BCUT2D eigenvalue weighted by Crippen LogP contribution is -2.19. The summed E-state index contributed by atoms with van der Waals surface area (Å²) in [5.41, 5.74) is 2.78. The molecule has 3 aromatic rings. The molecule has 1 saturated carbocycles. The van der Waals surface area contributed by atoms with E-state index in [1.165, 1.54) is 7.11 Å². The number of carbonyl (C=O) groups is 1. The number of hydrogen-bond donors (Lipinski definition) is 1. The molecule has 132 valence electrons. The zero-order valence-electron chi connectivity index (χ0n) is 14.4. The van der Waals surface area contributed by atoms with E-state index < -0.39 is 11.5 Å². The number of esters is 1. The maximum atomic E-state index is 12.5. The predicted octanol–water partition coefficient (Wildman–Crippen LogP) is 3.55. The fraction of sp³-hybridized carbons (Fsp3) is 0.263.